The lowest BCUT2D eigenvalue weighted by Gasteiger charge is -2.26. The van der Waals surface area contributed by atoms with Crippen molar-refractivity contribution in [2.45, 2.75) is 32.9 Å². The molecule has 0 radical (unpaired) electrons. The zero-order valence-corrected chi connectivity index (χ0v) is 11.8. The first-order valence-electron chi connectivity index (χ1n) is 6.83. The van der Waals surface area contributed by atoms with Gasteiger partial charge >= 0.3 is 11.9 Å². The van der Waals surface area contributed by atoms with Gasteiger partial charge in [-0.05, 0) is 37.6 Å². The highest BCUT2D eigenvalue weighted by molar-refractivity contribution is 5.89. The van der Waals surface area contributed by atoms with Crippen molar-refractivity contribution in [2.75, 3.05) is 18.1 Å². The number of carbonyl (C=O) groups excluding carboxylic acids is 2. The number of esters is 2. The van der Waals surface area contributed by atoms with E-state index in [4.69, 9.17) is 9.47 Å². The summed E-state index contributed by atoms with van der Waals surface area (Å²) in [5, 5.41) is 0. The van der Waals surface area contributed by atoms with Crippen LogP contribution < -0.4 is 4.90 Å². The maximum absolute atomic E-state index is 11.6. The predicted molar refractivity (Wildman–Crippen MR) is 74.5 cm³/mol. The maximum atomic E-state index is 11.6. The zero-order valence-electron chi connectivity index (χ0n) is 11.8. The number of hydrogen-bond acceptors (Lipinski definition) is 5. The average molecular weight is 277 g/mol. The zero-order chi connectivity index (χ0) is 14.5. The number of carbonyl (C=O) groups is 2. The normalized spacial score (nSPS) is 17.9. The van der Waals surface area contributed by atoms with Gasteiger partial charge in [0.25, 0.3) is 0 Å². The maximum Gasteiger partial charge on any atom is 0.338 e. The van der Waals surface area contributed by atoms with Crippen molar-refractivity contribution in [3.63, 3.8) is 0 Å². The molecule has 2 rings (SSSR count). The first-order chi connectivity index (χ1) is 9.61. The molecule has 0 saturated carbocycles. The van der Waals surface area contributed by atoms with Crippen LogP contribution in [0.5, 0.6) is 0 Å². The summed E-state index contributed by atoms with van der Waals surface area (Å²) in [7, 11) is 0. The summed E-state index contributed by atoms with van der Waals surface area (Å²) in [4.78, 5) is 24.7. The van der Waals surface area contributed by atoms with Crippen molar-refractivity contribution in [3.8, 4) is 0 Å². The fourth-order valence-corrected chi connectivity index (χ4v) is 2.35. The molecule has 5 heteroatoms. The van der Waals surface area contributed by atoms with Crippen molar-refractivity contribution in [1.29, 1.82) is 0 Å². The molecule has 0 N–H and O–H groups in total. The molecule has 1 heterocycles. The van der Waals surface area contributed by atoms with Gasteiger partial charge < -0.3 is 14.4 Å². The number of ether oxygens (including phenoxy) is 2. The summed E-state index contributed by atoms with van der Waals surface area (Å²) in [5.74, 6) is -0.595. The fraction of sp³-hybridized carbons (Fsp3) is 0.467. The van der Waals surface area contributed by atoms with E-state index in [2.05, 4.69) is 0 Å². The molecule has 5 nitrogen and oxygen atoms in total. The van der Waals surface area contributed by atoms with Crippen LogP contribution in [0.2, 0.25) is 0 Å². The highest BCUT2D eigenvalue weighted by atomic mass is 16.6. The van der Waals surface area contributed by atoms with Gasteiger partial charge in [0, 0.05) is 25.6 Å². The highest BCUT2D eigenvalue weighted by Gasteiger charge is 2.27. The third-order valence-corrected chi connectivity index (χ3v) is 3.21. The lowest BCUT2D eigenvalue weighted by Crippen LogP contribution is -2.32. The fourth-order valence-electron chi connectivity index (χ4n) is 2.35. The Labute approximate surface area is 118 Å². The first-order valence-corrected chi connectivity index (χ1v) is 6.83. The minimum absolute atomic E-state index is 0.207. The number of rotatable bonds is 4. The summed E-state index contributed by atoms with van der Waals surface area (Å²) in [6.45, 7) is 4.40. The molecule has 0 bridgehead atoms. The monoisotopic (exact) mass is 277 g/mol. The van der Waals surface area contributed by atoms with E-state index >= 15 is 0 Å². The van der Waals surface area contributed by atoms with Crippen molar-refractivity contribution in [3.05, 3.63) is 29.8 Å². The average Bonchev–Trinajstić information content (AvgIpc) is 2.86. The van der Waals surface area contributed by atoms with E-state index in [1.54, 1.807) is 19.1 Å². The van der Waals surface area contributed by atoms with Gasteiger partial charge in [0.1, 0.15) is 0 Å². The Balaban J connectivity index is 2.09. The second-order valence-corrected chi connectivity index (χ2v) is 4.67. The van der Waals surface area contributed by atoms with E-state index in [0.29, 0.717) is 12.2 Å². The predicted octanol–water partition coefficient (Wildman–Crippen LogP) is 2.35. The molecular formula is C15H19NO4. The quantitative estimate of drug-likeness (QED) is 0.791. The van der Waals surface area contributed by atoms with Crippen molar-refractivity contribution in [2.24, 2.45) is 0 Å². The van der Waals surface area contributed by atoms with Crippen LogP contribution in [0.25, 0.3) is 0 Å². The van der Waals surface area contributed by atoms with Crippen LogP contribution in [0.4, 0.5) is 5.69 Å². The lowest BCUT2D eigenvalue weighted by molar-refractivity contribution is -0.145. The molecular weight excluding hydrogens is 258 g/mol. The molecule has 1 aliphatic rings. The molecule has 1 unspecified atom stereocenters. The molecule has 0 amide bonds. The summed E-state index contributed by atoms with van der Waals surface area (Å²) >= 11 is 0. The van der Waals surface area contributed by atoms with Gasteiger partial charge in [-0.3, -0.25) is 4.79 Å². The van der Waals surface area contributed by atoms with Gasteiger partial charge in [-0.2, -0.15) is 0 Å². The van der Waals surface area contributed by atoms with E-state index in [1.807, 2.05) is 17.0 Å². The second kappa shape index (κ2) is 6.41. The standard InChI is InChI=1S/C15H19NO4/c1-3-19-15(18)12-6-8-13(9-7-12)16-10-4-5-14(16)20-11(2)17/h6-9,14H,3-5,10H2,1-2H3. The molecule has 0 aliphatic carbocycles. The summed E-state index contributed by atoms with van der Waals surface area (Å²) in [5.41, 5.74) is 1.47. The van der Waals surface area contributed by atoms with Crippen LogP contribution in [0.3, 0.4) is 0 Å². The Morgan fingerprint density at radius 3 is 2.60 bits per heavy atom. The van der Waals surface area contributed by atoms with Crippen LogP contribution in [0.1, 0.15) is 37.0 Å². The van der Waals surface area contributed by atoms with Gasteiger partial charge in [0.05, 0.1) is 12.2 Å². The molecule has 1 aliphatic heterocycles. The highest BCUT2D eigenvalue weighted by Crippen LogP contribution is 2.26. The third kappa shape index (κ3) is 3.29. The molecule has 1 atom stereocenters. The van der Waals surface area contributed by atoms with Crippen LogP contribution in [-0.2, 0) is 14.3 Å². The number of benzene rings is 1. The Kier molecular flexibility index (Phi) is 4.61. The molecule has 1 fully saturated rings. The molecule has 1 aromatic carbocycles. The Morgan fingerprint density at radius 2 is 2.00 bits per heavy atom. The van der Waals surface area contributed by atoms with Crippen LogP contribution in [-0.4, -0.2) is 31.3 Å². The van der Waals surface area contributed by atoms with E-state index in [1.165, 1.54) is 6.92 Å². The molecule has 1 aromatic rings. The molecule has 1 saturated heterocycles. The lowest BCUT2D eigenvalue weighted by atomic mass is 10.2. The van der Waals surface area contributed by atoms with E-state index in [9.17, 15) is 9.59 Å². The number of hydrogen-bond donors (Lipinski definition) is 0. The smallest absolute Gasteiger partial charge is 0.338 e. The summed E-state index contributed by atoms with van der Waals surface area (Å²) in [6, 6.07) is 7.18. The van der Waals surface area contributed by atoms with E-state index < -0.39 is 0 Å². The Bertz CT molecular complexity index is 483. The number of nitrogens with zero attached hydrogens (tertiary/aromatic N) is 1. The molecule has 0 aromatic heterocycles. The minimum atomic E-state index is -0.322. The van der Waals surface area contributed by atoms with Crippen LogP contribution in [0.15, 0.2) is 24.3 Å². The molecule has 20 heavy (non-hydrogen) atoms. The van der Waals surface area contributed by atoms with Crippen LogP contribution >= 0.6 is 0 Å². The third-order valence-electron chi connectivity index (χ3n) is 3.21. The largest absolute Gasteiger partial charge is 0.462 e. The van der Waals surface area contributed by atoms with Gasteiger partial charge in [0.2, 0.25) is 0 Å². The van der Waals surface area contributed by atoms with Gasteiger partial charge in [-0.25, -0.2) is 4.79 Å². The summed E-state index contributed by atoms with van der Waals surface area (Å²) in [6.07, 6.45) is 1.61. The van der Waals surface area contributed by atoms with Crippen LogP contribution in [0, 0.1) is 0 Å². The Hall–Kier alpha value is -2.04. The van der Waals surface area contributed by atoms with Gasteiger partial charge in [-0.1, -0.05) is 0 Å². The SMILES string of the molecule is CCOC(=O)c1ccc(N2CCCC2OC(C)=O)cc1. The Morgan fingerprint density at radius 1 is 1.30 bits per heavy atom. The minimum Gasteiger partial charge on any atom is -0.462 e. The van der Waals surface area contributed by atoms with Crippen molar-refractivity contribution < 1.29 is 19.1 Å². The second-order valence-electron chi connectivity index (χ2n) is 4.67. The number of anilines is 1. The topological polar surface area (TPSA) is 55.8 Å². The van der Waals surface area contributed by atoms with Gasteiger partial charge in [0.15, 0.2) is 6.23 Å². The van der Waals surface area contributed by atoms with E-state index in [0.717, 1.165) is 25.1 Å². The van der Waals surface area contributed by atoms with Crippen molar-refractivity contribution >= 4 is 17.6 Å². The molecule has 0 spiro atoms. The van der Waals surface area contributed by atoms with Gasteiger partial charge in [-0.15, -0.1) is 0 Å². The molecule has 108 valence electrons. The van der Waals surface area contributed by atoms with E-state index in [-0.39, 0.29) is 18.2 Å². The summed E-state index contributed by atoms with van der Waals surface area (Å²) < 4.78 is 10.2. The first kappa shape index (κ1) is 14.4. The van der Waals surface area contributed by atoms with Crippen molar-refractivity contribution in [1.82, 2.24) is 0 Å².